The highest BCUT2D eigenvalue weighted by Gasteiger charge is 2.20. The minimum absolute atomic E-state index is 0.0461. The summed E-state index contributed by atoms with van der Waals surface area (Å²) in [6, 6.07) is 5.84. The monoisotopic (exact) mass is 348 g/mol. The van der Waals surface area contributed by atoms with Gasteiger partial charge >= 0.3 is 12.1 Å². The zero-order chi connectivity index (χ0) is 18.6. The quantitative estimate of drug-likeness (QED) is 0.855. The first-order valence-electron chi connectivity index (χ1n) is 7.93. The molecule has 0 atom stereocenters. The fourth-order valence-electron chi connectivity index (χ4n) is 2.19. The fourth-order valence-corrected chi connectivity index (χ4v) is 2.19. The lowest BCUT2D eigenvalue weighted by atomic mass is 10.1. The van der Waals surface area contributed by atoms with Crippen LogP contribution in [0.4, 0.5) is 9.18 Å². The highest BCUT2D eigenvalue weighted by atomic mass is 19.1. The number of esters is 1. The molecule has 0 fully saturated rings. The van der Waals surface area contributed by atoms with Crippen LogP contribution in [0.5, 0.6) is 0 Å². The number of benzene rings is 1. The number of carbonyl (C=O) groups is 2. The molecule has 7 heteroatoms. The molecule has 0 saturated carbocycles. The Bertz CT molecular complexity index is 799. The predicted molar refractivity (Wildman–Crippen MR) is 90.7 cm³/mol. The van der Waals surface area contributed by atoms with Gasteiger partial charge in [-0.25, -0.2) is 19.0 Å². The third kappa shape index (κ3) is 4.89. The van der Waals surface area contributed by atoms with Crippen LogP contribution in [0.15, 0.2) is 24.3 Å². The van der Waals surface area contributed by atoms with E-state index in [0.29, 0.717) is 5.52 Å². The Hall–Kier alpha value is -2.70. The minimum Gasteiger partial charge on any atom is -0.462 e. The SMILES string of the molecule is CCOC(=O)c1cc2c(F)cccc2nc1CNC(=O)OC(C)(C)C. The van der Waals surface area contributed by atoms with Crippen LogP contribution in [0, 0.1) is 5.82 Å². The topological polar surface area (TPSA) is 77.5 Å². The number of ether oxygens (including phenoxy) is 2. The molecule has 1 heterocycles. The average molecular weight is 348 g/mol. The molecule has 1 aromatic carbocycles. The van der Waals surface area contributed by atoms with Crippen molar-refractivity contribution >= 4 is 23.0 Å². The first-order valence-corrected chi connectivity index (χ1v) is 7.93. The highest BCUT2D eigenvalue weighted by Crippen LogP contribution is 2.21. The number of nitrogens with one attached hydrogen (secondary N) is 1. The van der Waals surface area contributed by atoms with Gasteiger partial charge in [0.2, 0.25) is 0 Å². The van der Waals surface area contributed by atoms with Crippen LogP contribution in [0.1, 0.15) is 43.7 Å². The maximum Gasteiger partial charge on any atom is 0.407 e. The van der Waals surface area contributed by atoms with Crippen molar-refractivity contribution in [2.75, 3.05) is 6.61 Å². The number of pyridine rings is 1. The predicted octanol–water partition coefficient (Wildman–Crippen LogP) is 3.58. The molecule has 1 N–H and O–H groups in total. The standard InChI is InChI=1S/C18H21FN2O4/c1-5-24-16(22)12-9-11-13(19)7-6-8-14(11)21-15(12)10-20-17(23)25-18(2,3)4/h6-9H,5,10H2,1-4H3,(H,20,23). The fraction of sp³-hybridized carbons (Fsp3) is 0.389. The number of fused-ring (bicyclic) bond motifs is 1. The van der Waals surface area contributed by atoms with Crippen molar-refractivity contribution in [1.29, 1.82) is 0 Å². The Balaban J connectivity index is 2.34. The molecule has 0 radical (unpaired) electrons. The van der Waals surface area contributed by atoms with E-state index in [9.17, 15) is 14.0 Å². The van der Waals surface area contributed by atoms with Crippen molar-refractivity contribution in [3.8, 4) is 0 Å². The maximum atomic E-state index is 14.0. The second-order valence-electron chi connectivity index (χ2n) is 6.37. The van der Waals surface area contributed by atoms with Crippen LogP contribution in [0.25, 0.3) is 10.9 Å². The van der Waals surface area contributed by atoms with E-state index < -0.39 is 23.5 Å². The third-order valence-electron chi connectivity index (χ3n) is 3.18. The summed E-state index contributed by atoms with van der Waals surface area (Å²) in [5.74, 6) is -1.11. The summed E-state index contributed by atoms with van der Waals surface area (Å²) in [5, 5.41) is 2.76. The lowest BCUT2D eigenvalue weighted by molar-refractivity contribution is 0.0501. The van der Waals surface area contributed by atoms with Crippen LogP contribution >= 0.6 is 0 Å². The molecule has 0 unspecified atom stereocenters. The summed E-state index contributed by atoms with van der Waals surface area (Å²) in [5.41, 5.74) is 0.125. The number of alkyl carbamates (subject to hydrolysis) is 1. The molecule has 0 aliphatic heterocycles. The van der Waals surface area contributed by atoms with E-state index in [1.54, 1.807) is 33.8 Å². The number of nitrogens with zero attached hydrogens (tertiary/aromatic N) is 1. The molecule has 1 amide bonds. The maximum absolute atomic E-state index is 14.0. The van der Waals surface area contributed by atoms with Gasteiger partial charge in [-0.3, -0.25) is 0 Å². The molecule has 0 aliphatic carbocycles. The van der Waals surface area contributed by atoms with Crippen LogP contribution in [0.2, 0.25) is 0 Å². The number of hydrogen-bond donors (Lipinski definition) is 1. The summed E-state index contributed by atoms with van der Waals surface area (Å²) in [6.07, 6.45) is -0.636. The molecule has 2 rings (SSSR count). The van der Waals surface area contributed by atoms with E-state index in [2.05, 4.69) is 10.3 Å². The van der Waals surface area contributed by atoms with Gasteiger partial charge in [-0.15, -0.1) is 0 Å². The Morgan fingerprint density at radius 1 is 1.28 bits per heavy atom. The van der Waals surface area contributed by atoms with Gasteiger partial charge in [0.25, 0.3) is 0 Å². The Labute approximate surface area is 145 Å². The lowest BCUT2D eigenvalue weighted by Crippen LogP contribution is -2.32. The first-order chi connectivity index (χ1) is 11.7. The number of rotatable bonds is 4. The molecule has 0 spiro atoms. The van der Waals surface area contributed by atoms with E-state index >= 15 is 0 Å². The number of aromatic nitrogens is 1. The van der Waals surface area contributed by atoms with Crippen molar-refractivity contribution < 1.29 is 23.5 Å². The van der Waals surface area contributed by atoms with E-state index in [0.717, 1.165) is 0 Å². The van der Waals surface area contributed by atoms with Crippen molar-refractivity contribution in [3.05, 3.63) is 41.3 Å². The summed E-state index contributed by atoms with van der Waals surface area (Å²) in [4.78, 5) is 28.3. The smallest absolute Gasteiger partial charge is 0.407 e. The van der Waals surface area contributed by atoms with Gasteiger partial charge in [0.05, 0.1) is 29.9 Å². The molecule has 25 heavy (non-hydrogen) atoms. The third-order valence-corrected chi connectivity index (χ3v) is 3.18. The summed E-state index contributed by atoms with van der Waals surface area (Å²) in [7, 11) is 0. The van der Waals surface area contributed by atoms with Gasteiger partial charge in [-0.1, -0.05) is 6.07 Å². The van der Waals surface area contributed by atoms with Crippen molar-refractivity contribution in [1.82, 2.24) is 10.3 Å². The molecule has 6 nitrogen and oxygen atoms in total. The van der Waals surface area contributed by atoms with Crippen LogP contribution in [-0.4, -0.2) is 29.3 Å². The molecule has 1 aromatic heterocycles. The number of hydrogen-bond acceptors (Lipinski definition) is 5. The highest BCUT2D eigenvalue weighted by molar-refractivity contribution is 5.95. The number of amides is 1. The van der Waals surface area contributed by atoms with Crippen LogP contribution < -0.4 is 5.32 Å². The lowest BCUT2D eigenvalue weighted by Gasteiger charge is -2.20. The summed E-state index contributed by atoms with van der Waals surface area (Å²) < 4.78 is 24.1. The molecular formula is C18H21FN2O4. The number of halogens is 1. The molecule has 0 saturated heterocycles. The van der Waals surface area contributed by atoms with Gasteiger partial charge in [0, 0.05) is 5.39 Å². The van der Waals surface area contributed by atoms with Crippen LogP contribution in [0.3, 0.4) is 0 Å². The van der Waals surface area contributed by atoms with Crippen molar-refractivity contribution in [2.45, 2.75) is 39.8 Å². The van der Waals surface area contributed by atoms with E-state index in [4.69, 9.17) is 9.47 Å². The van der Waals surface area contributed by atoms with E-state index in [-0.39, 0.29) is 29.8 Å². The molecular weight excluding hydrogens is 327 g/mol. The summed E-state index contributed by atoms with van der Waals surface area (Å²) in [6.45, 7) is 7.03. The largest absolute Gasteiger partial charge is 0.462 e. The van der Waals surface area contributed by atoms with Crippen molar-refractivity contribution in [3.63, 3.8) is 0 Å². The first kappa shape index (κ1) is 18.6. The Kier molecular flexibility index (Phi) is 5.56. The van der Waals surface area contributed by atoms with Gasteiger partial charge in [0.15, 0.2) is 0 Å². The van der Waals surface area contributed by atoms with Gasteiger partial charge in [-0.05, 0) is 45.9 Å². The van der Waals surface area contributed by atoms with Crippen molar-refractivity contribution in [2.24, 2.45) is 0 Å². The summed E-state index contributed by atoms with van der Waals surface area (Å²) >= 11 is 0. The van der Waals surface area contributed by atoms with Gasteiger partial charge in [0.1, 0.15) is 11.4 Å². The Morgan fingerprint density at radius 3 is 2.64 bits per heavy atom. The number of carbonyl (C=O) groups excluding carboxylic acids is 2. The van der Waals surface area contributed by atoms with E-state index in [1.807, 2.05) is 0 Å². The zero-order valence-corrected chi connectivity index (χ0v) is 14.7. The van der Waals surface area contributed by atoms with Gasteiger partial charge < -0.3 is 14.8 Å². The normalized spacial score (nSPS) is 11.2. The minimum atomic E-state index is -0.645. The van der Waals surface area contributed by atoms with Crippen LogP contribution in [-0.2, 0) is 16.0 Å². The Morgan fingerprint density at radius 2 is 2.00 bits per heavy atom. The molecule has 0 aliphatic rings. The second-order valence-corrected chi connectivity index (χ2v) is 6.37. The molecule has 2 aromatic rings. The van der Waals surface area contributed by atoms with E-state index in [1.165, 1.54) is 18.2 Å². The second kappa shape index (κ2) is 7.46. The molecule has 134 valence electrons. The molecule has 0 bridgehead atoms. The van der Waals surface area contributed by atoms with Gasteiger partial charge in [-0.2, -0.15) is 0 Å². The zero-order valence-electron chi connectivity index (χ0n) is 14.7. The average Bonchev–Trinajstić information content (AvgIpc) is 2.51.